The van der Waals surface area contributed by atoms with Gasteiger partial charge in [-0.1, -0.05) is 26.7 Å². The fourth-order valence-corrected chi connectivity index (χ4v) is 1.34. The third-order valence-electron chi connectivity index (χ3n) is 2.32. The van der Waals surface area contributed by atoms with Crippen molar-refractivity contribution in [2.75, 3.05) is 0 Å². The fourth-order valence-electron chi connectivity index (χ4n) is 1.34. The summed E-state index contributed by atoms with van der Waals surface area (Å²) in [6.07, 6.45) is 4.39. The van der Waals surface area contributed by atoms with Gasteiger partial charge < -0.3 is 0 Å². The minimum Gasteiger partial charge on any atom is -0.0651 e. The molecule has 0 amide bonds. The summed E-state index contributed by atoms with van der Waals surface area (Å²) in [5, 5.41) is 0. The topological polar surface area (TPSA) is 0 Å². The van der Waals surface area contributed by atoms with Crippen LogP contribution >= 0.6 is 0 Å². The van der Waals surface area contributed by atoms with Gasteiger partial charge in [-0.25, -0.2) is 0 Å². The molecule has 0 radical (unpaired) electrons. The number of rotatable bonds is 1. The molecular weight excluding hydrogens is 84.1 g/mol. The van der Waals surface area contributed by atoms with E-state index < -0.39 is 0 Å². The average Bonchev–Trinajstić information content (AvgIpc) is 1.65. The number of hydrogen-bond donors (Lipinski definition) is 0. The molecule has 0 aromatic carbocycles. The van der Waals surface area contributed by atoms with Crippen LogP contribution in [0.2, 0.25) is 0 Å². The smallest absolute Gasteiger partial charge is 0.0391 e. The Morgan fingerprint density at radius 2 is 2.14 bits per heavy atom. The van der Waals surface area contributed by atoms with E-state index in [1.807, 2.05) is 0 Å². The number of hydrogen-bond acceptors (Lipinski definition) is 0. The SMILES string of the molecule is CC[C@H]1CC[C@@H]1C. The van der Waals surface area contributed by atoms with Gasteiger partial charge in [-0.3, -0.25) is 0 Å². The van der Waals surface area contributed by atoms with Crippen LogP contribution in [-0.4, -0.2) is 0 Å². The molecule has 0 aromatic rings. The Bertz CT molecular complexity index is 55.1. The van der Waals surface area contributed by atoms with Crippen molar-refractivity contribution in [1.29, 1.82) is 0 Å². The van der Waals surface area contributed by atoms with Gasteiger partial charge in [0.25, 0.3) is 0 Å². The summed E-state index contributed by atoms with van der Waals surface area (Å²) >= 11 is 0. The third kappa shape index (κ3) is 0.793. The van der Waals surface area contributed by atoms with Crippen molar-refractivity contribution in [3.63, 3.8) is 0 Å². The van der Waals surface area contributed by atoms with Gasteiger partial charge in [0.15, 0.2) is 0 Å². The first-order valence-corrected chi connectivity index (χ1v) is 3.34. The largest absolute Gasteiger partial charge is 0.0651 e. The summed E-state index contributed by atoms with van der Waals surface area (Å²) in [4.78, 5) is 0. The molecule has 0 bridgehead atoms. The molecule has 0 nitrogen and oxygen atoms in total. The molecule has 0 heteroatoms. The summed E-state index contributed by atoms with van der Waals surface area (Å²) in [6.45, 7) is 4.65. The molecule has 7 heavy (non-hydrogen) atoms. The zero-order valence-corrected chi connectivity index (χ0v) is 5.28. The molecule has 0 heterocycles. The van der Waals surface area contributed by atoms with Crippen molar-refractivity contribution in [1.82, 2.24) is 0 Å². The zero-order valence-electron chi connectivity index (χ0n) is 5.28. The van der Waals surface area contributed by atoms with E-state index in [0.717, 1.165) is 11.8 Å². The van der Waals surface area contributed by atoms with E-state index in [1.165, 1.54) is 19.3 Å². The Morgan fingerprint density at radius 3 is 2.14 bits per heavy atom. The monoisotopic (exact) mass is 98.1 g/mol. The van der Waals surface area contributed by atoms with Crippen molar-refractivity contribution in [3.05, 3.63) is 0 Å². The van der Waals surface area contributed by atoms with E-state index in [0.29, 0.717) is 0 Å². The van der Waals surface area contributed by atoms with Crippen LogP contribution in [0, 0.1) is 11.8 Å². The van der Waals surface area contributed by atoms with Crippen LogP contribution in [0.4, 0.5) is 0 Å². The van der Waals surface area contributed by atoms with Gasteiger partial charge in [0.05, 0.1) is 0 Å². The molecule has 0 unspecified atom stereocenters. The van der Waals surface area contributed by atoms with Gasteiger partial charge in [-0.15, -0.1) is 0 Å². The molecule has 1 rings (SSSR count). The van der Waals surface area contributed by atoms with E-state index in [2.05, 4.69) is 13.8 Å². The van der Waals surface area contributed by atoms with Crippen molar-refractivity contribution < 1.29 is 0 Å². The lowest BCUT2D eigenvalue weighted by Gasteiger charge is -2.32. The maximum Gasteiger partial charge on any atom is -0.0391 e. The Labute approximate surface area is 45.9 Å². The van der Waals surface area contributed by atoms with Crippen LogP contribution in [0.3, 0.4) is 0 Å². The highest BCUT2D eigenvalue weighted by Gasteiger charge is 2.23. The van der Waals surface area contributed by atoms with Crippen molar-refractivity contribution in [2.45, 2.75) is 33.1 Å². The van der Waals surface area contributed by atoms with Crippen LogP contribution in [-0.2, 0) is 0 Å². The normalized spacial score (nSPS) is 40.3. The molecule has 0 saturated heterocycles. The molecular formula is C7H14. The van der Waals surface area contributed by atoms with E-state index in [-0.39, 0.29) is 0 Å². The summed E-state index contributed by atoms with van der Waals surface area (Å²) < 4.78 is 0. The van der Waals surface area contributed by atoms with Crippen LogP contribution in [0.25, 0.3) is 0 Å². The first-order chi connectivity index (χ1) is 3.34. The van der Waals surface area contributed by atoms with Gasteiger partial charge in [0.2, 0.25) is 0 Å². The summed E-state index contributed by atoms with van der Waals surface area (Å²) in [5.41, 5.74) is 0. The van der Waals surface area contributed by atoms with Gasteiger partial charge in [0.1, 0.15) is 0 Å². The second-order valence-electron chi connectivity index (χ2n) is 2.72. The molecule has 0 aliphatic heterocycles. The summed E-state index contributed by atoms with van der Waals surface area (Å²) in [5.74, 6) is 2.13. The molecule has 2 atom stereocenters. The fraction of sp³-hybridized carbons (Fsp3) is 1.00. The van der Waals surface area contributed by atoms with Crippen molar-refractivity contribution >= 4 is 0 Å². The first kappa shape index (κ1) is 5.14. The molecule has 42 valence electrons. The Hall–Kier alpha value is 0. The lowest BCUT2D eigenvalue weighted by molar-refractivity contribution is 0.190. The highest BCUT2D eigenvalue weighted by atomic mass is 14.3. The van der Waals surface area contributed by atoms with Crippen molar-refractivity contribution in [3.8, 4) is 0 Å². The average molecular weight is 98.2 g/mol. The molecule has 1 saturated carbocycles. The van der Waals surface area contributed by atoms with Gasteiger partial charge in [-0.2, -0.15) is 0 Å². The predicted octanol–water partition coefficient (Wildman–Crippen LogP) is 2.44. The molecule has 0 aromatic heterocycles. The summed E-state index contributed by atoms with van der Waals surface area (Å²) in [7, 11) is 0. The quantitative estimate of drug-likeness (QED) is 0.472. The van der Waals surface area contributed by atoms with E-state index in [9.17, 15) is 0 Å². The second kappa shape index (κ2) is 1.85. The lowest BCUT2D eigenvalue weighted by atomic mass is 9.74. The molecule has 0 spiro atoms. The second-order valence-corrected chi connectivity index (χ2v) is 2.72. The molecule has 1 aliphatic rings. The Morgan fingerprint density at radius 1 is 1.43 bits per heavy atom. The van der Waals surface area contributed by atoms with E-state index >= 15 is 0 Å². The highest BCUT2D eigenvalue weighted by Crippen LogP contribution is 2.35. The summed E-state index contributed by atoms with van der Waals surface area (Å²) in [6, 6.07) is 0. The zero-order chi connectivity index (χ0) is 5.28. The predicted molar refractivity (Wildman–Crippen MR) is 32.2 cm³/mol. The van der Waals surface area contributed by atoms with Crippen LogP contribution in [0.5, 0.6) is 0 Å². The Balaban J connectivity index is 2.16. The van der Waals surface area contributed by atoms with Crippen molar-refractivity contribution in [2.24, 2.45) is 11.8 Å². The van der Waals surface area contributed by atoms with Crippen LogP contribution in [0.15, 0.2) is 0 Å². The van der Waals surface area contributed by atoms with Crippen LogP contribution in [0.1, 0.15) is 33.1 Å². The minimum absolute atomic E-state index is 1.05. The van der Waals surface area contributed by atoms with E-state index in [4.69, 9.17) is 0 Å². The minimum atomic E-state index is 1.05. The maximum atomic E-state index is 2.36. The standard InChI is InChI=1S/C7H14/c1-3-7-5-4-6(7)2/h6-7H,3-5H2,1-2H3/t6-,7-/m0/s1. The highest BCUT2D eigenvalue weighted by molar-refractivity contribution is 4.75. The molecule has 1 aliphatic carbocycles. The van der Waals surface area contributed by atoms with E-state index in [1.54, 1.807) is 0 Å². The molecule has 1 fully saturated rings. The van der Waals surface area contributed by atoms with Gasteiger partial charge in [-0.05, 0) is 18.3 Å². The van der Waals surface area contributed by atoms with Crippen LogP contribution < -0.4 is 0 Å². The van der Waals surface area contributed by atoms with Gasteiger partial charge >= 0.3 is 0 Å². The third-order valence-corrected chi connectivity index (χ3v) is 2.32. The van der Waals surface area contributed by atoms with Gasteiger partial charge in [0, 0.05) is 0 Å². The maximum absolute atomic E-state index is 2.36. The Kier molecular flexibility index (Phi) is 1.36. The first-order valence-electron chi connectivity index (χ1n) is 3.34. The molecule has 0 N–H and O–H groups in total. The lowest BCUT2D eigenvalue weighted by Crippen LogP contribution is -2.21.